The van der Waals surface area contributed by atoms with Gasteiger partial charge in [-0.15, -0.1) is 5.10 Å². The standard InChI is InChI=1S/C9H13N7/c1-16-5-7(14-15-16)4-9(13-10)8-2-3-11-6-12-8/h2-3,5-6,9,13H,4,10H2,1H3. The summed E-state index contributed by atoms with van der Waals surface area (Å²) < 4.78 is 1.66. The number of nitrogens with one attached hydrogen (secondary N) is 1. The second kappa shape index (κ2) is 4.77. The molecule has 2 rings (SSSR count). The van der Waals surface area contributed by atoms with Crippen LogP contribution >= 0.6 is 0 Å². The molecule has 7 heteroatoms. The first kappa shape index (κ1) is 10.7. The quantitative estimate of drug-likeness (QED) is 0.524. The summed E-state index contributed by atoms with van der Waals surface area (Å²) in [5.74, 6) is 5.49. The van der Waals surface area contributed by atoms with Gasteiger partial charge in [-0.3, -0.25) is 16.0 Å². The topological polar surface area (TPSA) is 94.5 Å². The molecule has 0 radical (unpaired) electrons. The van der Waals surface area contributed by atoms with Crippen molar-refractivity contribution in [2.24, 2.45) is 12.9 Å². The lowest BCUT2D eigenvalue weighted by Crippen LogP contribution is -2.30. The second-order valence-electron chi connectivity index (χ2n) is 3.44. The number of rotatable bonds is 4. The molecular formula is C9H13N7. The fourth-order valence-electron chi connectivity index (χ4n) is 1.45. The zero-order valence-corrected chi connectivity index (χ0v) is 8.91. The molecule has 0 fully saturated rings. The second-order valence-corrected chi connectivity index (χ2v) is 3.44. The lowest BCUT2D eigenvalue weighted by Gasteiger charge is -2.12. The van der Waals surface area contributed by atoms with Gasteiger partial charge in [0.15, 0.2) is 0 Å². The van der Waals surface area contributed by atoms with Gasteiger partial charge < -0.3 is 0 Å². The first-order valence-electron chi connectivity index (χ1n) is 4.87. The number of hydrogen-bond acceptors (Lipinski definition) is 6. The molecule has 3 N–H and O–H groups in total. The van der Waals surface area contributed by atoms with E-state index in [0.29, 0.717) is 6.42 Å². The Labute approximate surface area is 92.7 Å². The van der Waals surface area contributed by atoms with E-state index in [1.165, 1.54) is 6.33 Å². The molecule has 0 aliphatic rings. The van der Waals surface area contributed by atoms with E-state index in [0.717, 1.165) is 11.4 Å². The number of hydrazine groups is 1. The molecule has 7 nitrogen and oxygen atoms in total. The molecular weight excluding hydrogens is 206 g/mol. The highest BCUT2D eigenvalue weighted by Gasteiger charge is 2.13. The molecule has 0 saturated heterocycles. The Bertz CT molecular complexity index is 438. The van der Waals surface area contributed by atoms with E-state index in [4.69, 9.17) is 5.84 Å². The van der Waals surface area contributed by atoms with Crippen molar-refractivity contribution < 1.29 is 0 Å². The van der Waals surface area contributed by atoms with Gasteiger partial charge >= 0.3 is 0 Å². The average molecular weight is 219 g/mol. The SMILES string of the molecule is Cn1cc(CC(NN)c2ccncn2)nn1. The summed E-state index contributed by atoms with van der Waals surface area (Å²) in [5.41, 5.74) is 4.41. The predicted molar refractivity (Wildman–Crippen MR) is 56.8 cm³/mol. The van der Waals surface area contributed by atoms with Crippen molar-refractivity contribution in [1.29, 1.82) is 0 Å². The van der Waals surface area contributed by atoms with Crippen LogP contribution in [0.25, 0.3) is 0 Å². The molecule has 0 bridgehead atoms. The van der Waals surface area contributed by atoms with Gasteiger partial charge in [-0.1, -0.05) is 5.21 Å². The highest BCUT2D eigenvalue weighted by Crippen LogP contribution is 2.12. The van der Waals surface area contributed by atoms with Crippen molar-refractivity contribution in [3.63, 3.8) is 0 Å². The van der Waals surface area contributed by atoms with Gasteiger partial charge in [-0.05, 0) is 6.07 Å². The first-order valence-corrected chi connectivity index (χ1v) is 4.87. The van der Waals surface area contributed by atoms with Crippen LogP contribution in [0.1, 0.15) is 17.4 Å². The summed E-state index contributed by atoms with van der Waals surface area (Å²) >= 11 is 0. The van der Waals surface area contributed by atoms with Gasteiger partial charge in [0.2, 0.25) is 0 Å². The molecule has 84 valence electrons. The fraction of sp³-hybridized carbons (Fsp3) is 0.333. The Hall–Kier alpha value is -1.86. The summed E-state index contributed by atoms with van der Waals surface area (Å²) in [6.45, 7) is 0. The molecule has 2 aromatic rings. The Kier molecular flexibility index (Phi) is 3.18. The number of hydrogen-bond donors (Lipinski definition) is 2. The maximum Gasteiger partial charge on any atom is 0.115 e. The van der Waals surface area contributed by atoms with Crippen LogP contribution in [0.2, 0.25) is 0 Å². The molecule has 0 saturated carbocycles. The highest BCUT2D eigenvalue weighted by atomic mass is 15.4. The molecule has 0 aliphatic heterocycles. The van der Waals surface area contributed by atoms with Crippen LogP contribution in [0.15, 0.2) is 24.8 Å². The van der Waals surface area contributed by atoms with Gasteiger partial charge in [0.25, 0.3) is 0 Å². The van der Waals surface area contributed by atoms with Crippen molar-refractivity contribution in [2.75, 3.05) is 0 Å². The van der Waals surface area contributed by atoms with Crippen LogP contribution in [-0.4, -0.2) is 25.0 Å². The third kappa shape index (κ3) is 2.38. The predicted octanol–water partition coefficient (Wildman–Crippen LogP) is -0.648. The van der Waals surface area contributed by atoms with E-state index < -0.39 is 0 Å². The molecule has 0 aromatic carbocycles. The van der Waals surface area contributed by atoms with Crippen molar-refractivity contribution in [3.05, 3.63) is 36.2 Å². The van der Waals surface area contributed by atoms with Crippen LogP contribution in [0.3, 0.4) is 0 Å². The Morgan fingerprint density at radius 2 is 2.44 bits per heavy atom. The average Bonchev–Trinajstić information content (AvgIpc) is 2.73. The molecule has 0 aliphatic carbocycles. The number of nitrogens with zero attached hydrogens (tertiary/aromatic N) is 5. The summed E-state index contributed by atoms with van der Waals surface area (Å²) in [4.78, 5) is 8.01. The minimum Gasteiger partial charge on any atom is -0.271 e. The van der Waals surface area contributed by atoms with Gasteiger partial charge in [0.05, 0.1) is 17.4 Å². The number of aromatic nitrogens is 5. The molecule has 2 heterocycles. The van der Waals surface area contributed by atoms with E-state index in [2.05, 4.69) is 25.7 Å². The van der Waals surface area contributed by atoms with Crippen molar-refractivity contribution >= 4 is 0 Å². The summed E-state index contributed by atoms with van der Waals surface area (Å²) in [7, 11) is 1.83. The van der Waals surface area contributed by atoms with Gasteiger partial charge in [0.1, 0.15) is 6.33 Å². The van der Waals surface area contributed by atoms with Crippen LogP contribution < -0.4 is 11.3 Å². The van der Waals surface area contributed by atoms with Crippen LogP contribution in [0.4, 0.5) is 0 Å². The van der Waals surface area contributed by atoms with Crippen molar-refractivity contribution in [3.8, 4) is 0 Å². The van der Waals surface area contributed by atoms with E-state index in [1.54, 1.807) is 10.9 Å². The normalized spacial score (nSPS) is 12.6. The monoisotopic (exact) mass is 219 g/mol. The summed E-state index contributed by atoms with van der Waals surface area (Å²) in [6.07, 6.45) is 5.67. The smallest absolute Gasteiger partial charge is 0.115 e. The third-order valence-corrected chi connectivity index (χ3v) is 2.23. The zero-order valence-electron chi connectivity index (χ0n) is 8.91. The molecule has 1 unspecified atom stereocenters. The fourth-order valence-corrected chi connectivity index (χ4v) is 1.45. The Morgan fingerprint density at radius 1 is 1.56 bits per heavy atom. The van der Waals surface area contributed by atoms with E-state index in [-0.39, 0.29) is 6.04 Å². The molecule has 16 heavy (non-hydrogen) atoms. The largest absolute Gasteiger partial charge is 0.271 e. The van der Waals surface area contributed by atoms with Crippen molar-refractivity contribution in [1.82, 2.24) is 30.4 Å². The number of aryl methyl sites for hydroxylation is 1. The highest BCUT2D eigenvalue weighted by molar-refractivity contribution is 5.08. The van der Waals surface area contributed by atoms with E-state index in [9.17, 15) is 0 Å². The Balaban J connectivity index is 2.12. The summed E-state index contributed by atoms with van der Waals surface area (Å²) in [5, 5.41) is 7.87. The molecule has 0 spiro atoms. The Morgan fingerprint density at radius 3 is 3.00 bits per heavy atom. The first-order chi connectivity index (χ1) is 7.79. The van der Waals surface area contributed by atoms with Crippen LogP contribution in [0.5, 0.6) is 0 Å². The minimum atomic E-state index is -0.0836. The summed E-state index contributed by atoms with van der Waals surface area (Å²) in [6, 6.07) is 1.74. The maximum absolute atomic E-state index is 5.49. The minimum absolute atomic E-state index is 0.0836. The van der Waals surface area contributed by atoms with E-state index in [1.807, 2.05) is 19.3 Å². The van der Waals surface area contributed by atoms with Crippen LogP contribution in [-0.2, 0) is 13.5 Å². The molecule has 0 amide bonds. The van der Waals surface area contributed by atoms with Gasteiger partial charge in [-0.2, -0.15) is 0 Å². The lowest BCUT2D eigenvalue weighted by atomic mass is 10.1. The molecule has 1 atom stereocenters. The maximum atomic E-state index is 5.49. The zero-order chi connectivity index (χ0) is 11.4. The van der Waals surface area contributed by atoms with Crippen molar-refractivity contribution in [2.45, 2.75) is 12.5 Å². The third-order valence-electron chi connectivity index (χ3n) is 2.23. The number of nitrogens with two attached hydrogens (primary N) is 1. The molecule has 2 aromatic heterocycles. The van der Waals surface area contributed by atoms with Gasteiger partial charge in [-0.25, -0.2) is 9.97 Å². The lowest BCUT2D eigenvalue weighted by molar-refractivity contribution is 0.531. The van der Waals surface area contributed by atoms with E-state index >= 15 is 0 Å². The van der Waals surface area contributed by atoms with Crippen LogP contribution in [0, 0.1) is 0 Å². The van der Waals surface area contributed by atoms with Gasteiger partial charge in [0, 0.05) is 25.9 Å².